The van der Waals surface area contributed by atoms with E-state index in [1.165, 1.54) is 7.11 Å². The van der Waals surface area contributed by atoms with Crippen molar-refractivity contribution in [2.75, 3.05) is 7.11 Å². The van der Waals surface area contributed by atoms with E-state index in [0.717, 1.165) is 6.42 Å². The van der Waals surface area contributed by atoms with E-state index in [4.69, 9.17) is 9.47 Å². The Bertz CT molecular complexity index is 142. The molecule has 0 bridgehead atoms. The molecule has 1 aliphatic rings. The van der Waals surface area contributed by atoms with Crippen LogP contribution < -0.4 is 0 Å². The molecule has 5 unspecified atom stereocenters. The van der Waals surface area contributed by atoms with Gasteiger partial charge in [-0.2, -0.15) is 0 Å². The first-order valence-electron chi connectivity index (χ1n) is 4.66. The molecule has 1 saturated heterocycles. The van der Waals surface area contributed by atoms with Gasteiger partial charge in [0.1, 0.15) is 6.10 Å². The minimum Gasteiger partial charge on any atom is -0.390 e. The fourth-order valence-electron chi connectivity index (χ4n) is 1.73. The molecule has 1 rings (SSSR count). The third kappa shape index (κ3) is 2.02. The summed E-state index contributed by atoms with van der Waals surface area (Å²) in [5.41, 5.74) is 0. The van der Waals surface area contributed by atoms with Gasteiger partial charge in [-0.15, -0.1) is 0 Å². The molecule has 0 saturated carbocycles. The number of methoxy groups -OCH3 is 1. The summed E-state index contributed by atoms with van der Waals surface area (Å²) in [5, 5.41) is 19.2. The van der Waals surface area contributed by atoms with Gasteiger partial charge in [0, 0.05) is 13.0 Å². The zero-order valence-corrected chi connectivity index (χ0v) is 8.30. The first-order valence-corrected chi connectivity index (χ1v) is 4.66. The zero-order chi connectivity index (χ0) is 10.0. The molecule has 4 heteroatoms. The van der Waals surface area contributed by atoms with E-state index in [1.807, 2.05) is 13.8 Å². The van der Waals surface area contributed by atoms with Crippen molar-refractivity contribution < 1.29 is 19.7 Å². The van der Waals surface area contributed by atoms with E-state index in [0.29, 0.717) is 0 Å². The molecular formula is C9H18O4. The van der Waals surface area contributed by atoms with Gasteiger partial charge in [-0.1, -0.05) is 13.8 Å². The van der Waals surface area contributed by atoms with Crippen molar-refractivity contribution in [3.8, 4) is 0 Å². The second-order valence-corrected chi connectivity index (χ2v) is 3.53. The highest BCUT2D eigenvalue weighted by Crippen LogP contribution is 2.27. The van der Waals surface area contributed by atoms with Crippen molar-refractivity contribution in [3.05, 3.63) is 0 Å². The van der Waals surface area contributed by atoms with Crippen LogP contribution in [-0.2, 0) is 9.47 Å². The number of hydrogen-bond acceptors (Lipinski definition) is 4. The minimum absolute atomic E-state index is 0.0386. The number of hydrogen-bond donors (Lipinski definition) is 2. The average molecular weight is 190 g/mol. The fraction of sp³-hybridized carbons (Fsp3) is 1.00. The Kier molecular flexibility index (Phi) is 3.67. The van der Waals surface area contributed by atoms with E-state index in [1.54, 1.807) is 0 Å². The molecule has 1 heterocycles. The second-order valence-electron chi connectivity index (χ2n) is 3.53. The normalized spacial score (nSPS) is 46.4. The maximum Gasteiger partial charge on any atom is 0.185 e. The van der Waals surface area contributed by atoms with Crippen molar-refractivity contribution in [2.45, 2.75) is 44.9 Å². The summed E-state index contributed by atoms with van der Waals surface area (Å²) in [5.74, 6) is -0.0496. The van der Waals surface area contributed by atoms with Gasteiger partial charge < -0.3 is 19.7 Å². The van der Waals surface area contributed by atoms with Crippen molar-refractivity contribution in [2.24, 2.45) is 5.92 Å². The quantitative estimate of drug-likeness (QED) is 0.649. The van der Waals surface area contributed by atoms with Crippen LogP contribution in [0.15, 0.2) is 0 Å². The van der Waals surface area contributed by atoms with Gasteiger partial charge in [0.05, 0.1) is 12.2 Å². The predicted octanol–water partition coefficient (Wildman–Crippen LogP) is 0.126. The van der Waals surface area contributed by atoms with Gasteiger partial charge in [0.15, 0.2) is 6.29 Å². The highest BCUT2D eigenvalue weighted by molar-refractivity contribution is 4.85. The molecule has 1 aliphatic heterocycles. The Morgan fingerprint density at radius 1 is 1.31 bits per heavy atom. The Hall–Kier alpha value is -0.160. The Labute approximate surface area is 78.5 Å². The van der Waals surface area contributed by atoms with E-state index >= 15 is 0 Å². The third-order valence-electron chi connectivity index (χ3n) is 2.70. The molecule has 0 radical (unpaired) electrons. The van der Waals surface area contributed by atoms with E-state index in [-0.39, 0.29) is 12.0 Å². The molecule has 5 atom stereocenters. The van der Waals surface area contributed by atoms with Gasteiger partial charge in [-0.3, -0.25) is 0 Å². The van der Waals surface area contributed by atoms with Crippen LogP contribution >= 0.6 is 0 Å². The molecule has 0 amide bonds. The summed E-state index contributed by atoms with van der Waals surface area (Å²) in [6, 6.07) is 0. The number of aliphatic hydroxyl groups excluding tert-OH is 2. The van der Waals surface area contributed by atoms with Crippen molar-refractivity contribution in [1.29, 1.82) is 0 Å². The fourth-order valence-corrected chi connectivity index (χ4v) is 1.73. The van der Waals surface area contributed by atoms with Gasteiger partial charge in [-0.05, 0) is 6.42 Å². The average Bonchev–Trinajstić information content (AvgIpc) is 2.15. The van der Waals surface area contributed by atoms with Crippen LogP contribution in [0.25, 0.3) is 0 Å². The van der Waals surface area contributed by atoms with Crippen LogP contribution in [0.4, 0.5) is 0 Å². The number of ether oxygens (including phenoxy) is 2. The highest BCUT2D eigenvalue weighted by Gasteiger charge is 2.41. The lowest BCUT2D eigenvalue weighted by atomic mass is 9.89. The first-order chi connectivity index (χ1) is 6.11. The summed E-state index contributed by atoms with van der Waals surface area (Å²) in [6.07, 6.45) is -1.63. The van der Waals surface area contributed by atoms with Crippen molar-refractivity contribution in [3.63, 3.8) is 0 Å². The zero-order valence-electron chi connectivity index (χ0n) is 8.30. The van der Waals surface area contributed by atoms with Crippen LogP contribution in [-0.4, -0.2) is 41.9 Å². The molecular weight excluding hydrogens is 172 g/mol. The lowest BCUT2D eigenvalue weighted by Gasteiger charge is -2.40. The molecule has 78 valence electrons. The van der Waals surface area contributed by atoms with E-state index in [2.05, 4.69) is 0 Å². The Morgan fingerprint density at radius 2 is 1.92 bits per heavy atom. The van der Waals surface area contributed by atoms with Crippen molar-refractivity contribution in [1.82, 2.24) is 0 Å². The summed E-state index contributed by atoms with van der Waals surface area (Å²) in [7, 11) is 1.46. The molecule has 13 heavy (non-hydrogen) atoms. The summed E-state index contributed by atoms with van der Waals surface area (Å²) in [4.78, 5) is 0. The smallest absolute Gasteiger partial charge is 0.185 e. The summed E-state index contributed by atoms with van der Waals surface area (Å²) < 4.78 is 10.4. The lowest BCUT2D eigenvalue weighted by molar-refractivity contribution is -0.275. The second kappa shape index (κ2) is 4.37. The first kappa shape index (κ1) is 10.9. The minimum atomic E-state index is -0.942. The molecule has 1 fully saturated rings. The molecule has 0 aliphatic carbocycles. The monoisotopic (exact) mass is 190 g/mol. The maximum absolute atomic E-state index is 9.64. The van der Waals surface area contributed by atoms with Crippen LogP contribution in [0.1, 0.15) is 20.3 Å². The van der Waals surface area contributed by atoms with E-state index < -0.39 is 18.5 Å². The van der Waals surface area contributed by atoms with Gasteiger partial charge in [0.2, 0.25) is 0 Å². The Balaban J connectivity index is 2.66. The van der Waals surface area contributed by atoms with Gasteiger partial charge in [-0.25, -0.2) is 0 Å². The maximum atomic E-state index is 9.64. The third-order valence-corrected chi connectivity index (χ3v) is 2.70. The van der Waals surface area contributed by atoms with Gasteiger partial charge in [0.25, 0.3) is 0 Å². The standard InChI is InChI=1S/C9H18O4/c1-4-6-5(2)7(10)8(11)9(12-3)13-6/h5-11H,4H2,1-3H3. The van der Waals surface area contributed by atoms with E-state index in [9.17, 15) is 10.2 Å². The molecule has 0 aromatic carbocycles. The summed E-state index contributed by atoms with van der Waals surface area (Å²) in [6.45, 7) is 3.85. The topological polar surface area (TPSA) is 58.9 Å². The SMILES string of the molecule is CCC1OC(OC)C(O)C(O)C1C. The Morgan fingerprint density at radius 3 is 2.38 bits per heavy atom. The molecule has 0 spiro atoms. The van der Waals surface area contributed by atoms with Gasteiger partial charge >= 0.3 is 0 Å². The van der Waals surface area contributed by atoms with Crippen molar-refractivity contribution >= 4 is 0 Å². The number of aliphatic hydroxyl groups is 2. The van der Waals surface area contributed by atoms with Crippen LogP contribution in [0, 0.1) is 5.92 Å². The number of rotatable bonds is 2. The molecule has 0 aromatic rings. The molecule has 4 nitrogen and oxygen atoms in total. The predicted molar refractivity (Wildman–Crippen MR) is 47.1 cm³/mol. The highest BCUT2D eigenvalue weighted by atomic mass is 16.7. The molecule has 2 N–H and O–H groups in total. The largest absolute Gasteiger partial charge is 0.390 e. The molecule has 0 aromatic heterocycles. The van der Waals surface area contributed by atoms with Crippen LogP contribution in [0.2, 0.25) is 0 Å². The lowest BCUT2D eigenvalue weighted by Crippen LogP contribution is -2.53. The van der Waals surface area contributed by atoms with Crippen LogP contribution in [0.5, 0.6) is 0 Å². The van der Waals surface area contributed by atoms with Crippen LogP contribution in [0.3, 0.4) is 0 Å². The summed E-state index contributed by atoms with van der Waals surface area (Å²) >= 11 is 0.